The molecule has 0 saturated carbocycles. The average molecular weight is 195 g/mol. The second-order valence-corrected chi connectivity index (χ2v) is 3.06. The van der Waals surface area contributed by atoms with Crippen molar-refractivity contribution in [2.24, 2.45) is 0 Å². The van der Waals surface area contributed by atoms with Crippen LogP contribution in [0.15, 0.2) is 0 Å². The van der Waals surface area contributed by atoms with Crippen LogP contribution in [0.3, 0.4) is 0 Å². The van der Waals surface area contributed by atoms with E-state index in [1.807, 2.05) is 13.8 Å². The van der Waals surface area contributed by atoms with Crippen molar-refractivity contribution in [3.05, 3.63) is 0 Å². The van der Waals surface area contributed by atoms with Crippen LogP contribution in [0.25, 0.3) is 0 Å². The molecule has 0 amide bonds. The minimum Gasteiger partial charge on any atom is -0.379 e. The molecule has 0 rings (SSSR count). The molecule has 0 spiro atoms. The van der Waals surface area contributed by atoms with Crippen molar-refractivity contribution in [2.75, 3.05) is 19.8 Å². The Hall–Kier alpha value is -0.120. The van der Waals surface area contributed by atoms with E-state index in [0.29, 0.717) is 19.8 Å². The molecular weight excluding hydrogens is 180 g/mol. The van der Waals surface area contributed by atoms with Gasteiger partial charge in [-0.15, -0.1) is 0 Å². The summed E-state index contributed by atoms with van der Waals surface area (Å²) >= 11 is 5.09. The van der Waals surface area contributed by atoms with Crippen LogP contribution in [0.2, 0.25) is 0 Å². The minimum absolute atomic E-state index is 0.225. The van der Waals surface area contributed by atoms with E-state index in [9.17, 15) is 4.79 Å². The highest BCUT2D eigenvalue weighted by Gasteiger charge is 1.96. The van der Waals surface area contributed by atoms with E-state index in [-0.39, 0.29) is 17.8 Å². The van der Waals surface area contributed by atoms with E-state index in [2.05, 4.69) is 0 Å². The van der Waals surface area contributed by atoms with E-state index in [4.69, 9.17) is 21.1 Å². The van der Waals surface area contributed by atoms with Crippen LogP contribution in [-0.2, 0) is 14.3 Å². The van der Waals surface area contributed by atoms with Crippen molar-refractivity contribution in [3.63, 3.8) is 0 Å². The number of carbonyl (C=O) groups is 1. The highest BCUT2D eigenvalue weighted by molar-refractivity contribution is 6.63. The van der Waals surface area contributed by atoms with Gasteiger partial charge in [0, 0.05) is 6.42 Å². The topological polar surface area (TPSA) is 35.5 Å². The molecular formula is C8H15ClO3. The quantitative estimate of drug-likeness (QED) is 0.456. The maximum Gasteiger partial charge on any atom is 0.223 e. The third-order valence-corrected chi connectivity index (χ3v) is 1.31. The van der Waals surface area contributed by atoms with Crippen molar-refractivity contribution in [3.8, 4) is 0 Å². The van der Waals surface area contributed by atoms with Crippen molar-refractivity contribution in [1.82, 2.24) is 0 Å². The third-order valence-electron chi connectivity index (χ3n) is 1.12. The molecule has 0 aliphatic heterocycles. The Labute approximate surface area is 78.0 Å². The largest absolute Gasteiger partial charge is 0.379 e. The van der Waals surface area contributed by atoms with Crippen molar-refractivity contribution in [2.45, 2.75) is 26.4 Å². The lowest BCUT2D eigenvalue weighted by atomic mass is 10.5. The van der Waals surface area contributed by atoms with Crippen LogP contribution in [0.1, 0.15) is 20.3 Å². The van der Waals surface area contributed by atoms with Crippen LogP contribution in [0.5, 0.6) is 0 Å². The lowest BCUT2D eigenvalue weighted by Gasteiger charge is -2.06. The Morgan fingerprint density at radius 1 is 1.33 bits per heavy atom. The molecule has 0 unspecified atom stereocenters. The fourth-order valence-electron chi connectivity index (χ4n) is 0.597. The van der Waals surface area contributed by atoms with Crippen molar-refractivity contribution < 1.29 is 14.3 Å². The third kappa shape index (κ3) is 9.88. The van der Waals surface area contributed by atoms with E-state index in [1.54, 1.807) is 0 Å². The van der Waals surface area contributed by atoms with Crippen molar-refractivity contribution in [1.29, 1.82) is 0 Å². The number of halogens is 1. The summed E-state index contributed by atoms with van der Waals surface area (Å²) in [4.78, 5) is 10.2. The maximum atomic E-state index is 10.2. The molecule has 72 valence electrons. The Morgan fingerprint density at radius 3 is 2.50 bits per heavy atom. The van der Waals surface area contributed by atoms with E-state index >= 15 is 0 Å². The second kappa shape index (κ2) is 7.53. The zero-order valence-electron chi connectivity index (χ0n) is 7.51. The summed E-state index contributed by atoms with van der Waals surface area (Å²) in [5.41, 5.74) is 0. The standard InChI is InChI=1S/C8H15ClO3/c1-7(2)12-6-5-11-4-3-8(9)10/h7H,3-6H2,1-2H3. The summed E-state index contributed by atoms with van der Waals surface area (Å²) in [5.74, 6) is 0. The van der Waals surface area contributed by atoms with Gasteiger partial charge < -0.3 is 9.47 Å². The lowest BCUT2D eigenvalue weighted by molar-refractivity contribution is -0.112. The van der Waals surface area contributed by atoms with E-state index in [0.717, 1.165) is 0 Å². The van der Waals surface area contributed by atoms with Crippen LogP contribution in [0, 0.1) is 0 Å². The zero-order chi connectivity index (χ0) is 9.40. The summed E-state index contributed by atoms with van der Waals surface area (Å²) in [5, 5.41) is -0.361. The van der Waals surface area contributed by atoms with Crippen LogP contribution < -0.4 is 0 Å². The molecule has 0 bridgehead atoms. The molecule has 0 aliphatic carbocycles. The Morgan fingerprint density at radius 2 is 2.00 bits per heavy atom. The molecule has 0 N–H and O–H groups in total. The van der Waals surface area contributed by atoms with Crippen molar-refractivity contribution >= 4 is 16.8 Å². The first-order valence-corrected chi connectivity index (χ1v) is 4.38. The van der Waals surface area contributed by atoms with Gasteiger partial charge in [-0.05, 0) is 25.4 Å². The van der Waals surface area contributed by atoms with Gasteiger partial charge in [-0.2, -0.15) is 0 Å². The fraction of sp³-hybridized carbons (Fsp3) is 0.875. The molecule has 4 heteroatoms. The number of carbonyl (C=O) groups excluding carboxylic acids is 1. The first-order valence-electron chi connectivity index (χ1n) is 4.00. The Bertz CT molecular complexity index is 125. The SMILES string of the molecule is CC(C)OCCOCCC(=O)Cl. The predicted octanol–water partition coefficient (Wildman–Crippen LogP) is 1.58. The first kappa shape index (κ1) is 11.9. The monoisotopic (exact) mass is 194 g/mol. The van der Waals surface area contributed by atoms with Gasteiger partial charge in [0.15, 0.2) is 0 Å². The maximum absolute atomic E-state index is 10.2. The summed E-state index contributed by atoms with van der Waals surface area (Å²) in [6.45, 7) is 5.38. The molecule has 0 aliphatic rings. The van der Waals surface area contributed by atoms with Gasteiger partial charge in [0.05, 0.1) is 25.9 Å². The summed E-state index contributed by atoms with van der Waals surface area (Å²) in [7, 11) is 0. The van der Waals surface area contributed by atoms with Gasteiger partial charge in [-0.25, -0.2) is 0 Å². The van der Waals surface area contributed by atoms with Gasteiger partial charge in [0.2, 0.25) is 5.24 Å². The van der Waals surface area contributed by atoms with Gasteiger partial charge in [0.25, 0.3) is 0 Å². The van der Waals surface area contributed by atoms with Crippen LogP contribution in [-0.4, -0.2) is 31.2 Å². The highest BCUT2D eigenvalue weighted by Crippen LogP contribution is 1.91. The highest BCUT2D eigenvalue weighted by atomic mass is 35.5. The number of hydrogen-bond acceptors (Lipinski definition) is 3. The normalized spacial score (nSPS) is 10.7. The molecule has 0 heterocycles. The molecule has 0 aromatic carbocycles. The van der Waals surface area contributed by atoms with E-state index in [1.165, 1.54) is 0 Å². The molecule has 12 heavy (non-hydrogen) atoms. The lowest BCUT2D eigenvalue weighted by Crippen LogP contribution is -2.10. The molecule has 0 radical (unpaired) electrons. The summed E-state index contributed by atoms with van der Waals surface area (Å²) in [6, 6.07) is 0. The number of ether oxygens (including phenoxy) is 2. The first-order chi connectivity index (χ1) is 5.63. The molecule has 0 atom stereocenters. The van der Waals surface area contributed by atoms with Crippen LogP contribution in [0.4, 0.5) is 0 Å². The molecule has 0 aromatic rings. The number of hydrogen-bond donors (Lipinski definition) is 0. The van der Waals surface area contributed by atoms with Crippen LogP contribution >= 0.6 is 11.6 Å². The minimum atomic E-state index is -0.361. The van der Waals surface area contributed by atoms with Gasteiger partial charge >= 0.3 is 0 Å². The second-order valence-electron chi connectivity index (χ2n) is 2.64. The molecule has 0 saturated heterocycles. The zero-order valence-corrected chi connectivity index (χ0v) is 8.26. The fourth-order valence-corrected chi connectivity index (χ4v) is 0.674. The molecule has 3 nitrogen and oxygen atoms in total. The van der Waals surface area contributed by atoms with Gasteiger partial charge in [-0.3, -0.25) is 4.79 Å². The Kier molecular flexibility index (Phi) is 7.45. The molecule has 0 aromatic heterocycles. The average Bonchev–Trinajstić information content (AvgIpc) is 1.95. The Balaban J connectivity index is 2.96. The van der Waals surface area contributed by atoms with Gasteiger partial charge in [0.1, 0.15) is 0 Å². The number of rotatable bonds is 7. The summed E-state index contributed by atoms with van der Waals surface area (Å²) in [6.07, 6.45) is 0.492. The predicted molar refractivity (Wildman–Crippen MR) is 47.4 cm³/mol. The molecule has 0 fully saturated rings. The smallest absolute Gasteiger partial charge is 0.223 e. The van der Waals surface area contributed by atoms with E-state index < -0.39 is 0 Å². The summed E-state index contributed by atoms with van der Waals surface area (Å²) < 4.78 is 10.3. The van der Waals surface area contributed by atoms with Gasteiger partial charge in [-0.1, -0.05) is 0 Å².